The van der Waals surface area contributed by atoms with Gasteiger partial charge in [-0.05, 0) is 67.0 Å². The number of carbonyl (C=O) groups excluding carboxylic acids is 2. The number of benzene rings is 2. The van der Waals surface area contributed by atoms with Crippen molar-refractivity contribution in [2.75, 3.05) is 23.0 Å². The lowest BCUT2D eigenvalue weighted by molar-refractivity contribution is -0.118. The summed E-state index contributed by atoms with van der Waals surface area (Å²) < 4.78 is 28.8. The third kappa shape index (κ3) is 5.70. The normalized spacial score (nSPS) is 14.3. The highest BCUT2D eigenvalue weighted by molar-refractivity contribution is 7.98. The van der Waals surface area contributed by atoms with E-state index < -0.39 is 22.0 Å². The molecule has 1 aliphatic heterocycles. The smallest absolute Gasteiger partial charge is 0.242 e. The Hall–Kier alpha value is -2.36. The molecule has 0 aliphatic carbocycles. The van der Waals surface area contributed by atoms with Crippen LogP contribution in [0.5, 0.6) is 0 Å². The number of fused-ring (bicyclic) bond motifs is 1. The van der Waals surface area contributed by atoms with Crippen LogP contribution in [0, 0.1) is 5.92 Å². The first-order valence-corrected chi connectivity index (χ1v) is 13.2. The molecule has 0 fully saturated rings. The summed E-state index contributed by atoms with van der Waals surface area (Å²) in [6, 6.07) is 11.2. The van der Waals surface area contributed by atoms with Crippen molar-refractivity contribution in [3.05, 3.63) is 48.0 Å². The number of nitrogens with one attached hydrogen (secondary N) is 2. The minimum atomic E-state index is -3.93. The average molecular weight is 476 g/mol. The minimum absolute atomic E-state index is 0.0725. The van der Waals surface area contributed by atoms with E-state index >= 15 is 0 Å². The zero-order valence-corrected chi connectivity index (χ0v) is 20.3. The Kier molecular flexibility index (Phi) is 7.63. The van der Waals surface area contributed by atoms with Crippen LogP contribution in [0.3, 0.4) is 0 Å². The molecule has 7 nitrogen and oxygen atoms in total. The van der Waals surface area contributed by atoms with Crippen molar-refractivity contribution in [2.24, 2.45) is 5.92 Å². The van der Waals surface area contributed by atoms with Gasteiger partial charge in [-0.1, -0.05) is 19.9 Å². The molecule has 32 heavy (non-hydrogen) atoms. The van der Waals surface area contributed by atoms with Gasteiger partial charge in [0.15, 0.2) is 0 Å². The number of amides is 2. The third-order valence-corrected chi connectivity index (χ3v) is 7.49. The van der Waals surface area contributed by atoms with Gasteiger partial charge in [0.05, 0.1) is 4.90 Å². The largest absolute Gasteiger partial charge is 0.325 e. The molecule has 3 rings (SSSR count). The van der Waals surface area contributed by atoms with E-state index in [4.69, 9.17) is 0 Å². The molecule has 1 aliphatic rings. The molecule has 0 unspecified atom stereocenters. The minimum Gasteiger partial charge on any atom is -0.325 e. The lowest BCUT2D eigenvalue weighted by atomic mass is 10.0. The van der Waals surface area contributed by atoms with E-state index in [-0.39, 0.29) is 16.7 Å². The zero-order valence-electron chi connectivity index (χ0n) is 18.7. The second-order valence-corrected chi connectivity index (χ2v) is 10.8. The van der Waals surface area contributed by atoms with E-state index in [0.29, 0.717) is 25.1 Å². The SMILES string of the molecule is CSc1cccc(NC(=O)[C@H](CC(C)C)NS(=O)(=O)c2ccc3c(c2)CCN3C(C)=O)c1. The maximum Gasteiger partial charge on any atom is 0.242 e. The molecule has 2 aromatic rings. The van der Waals surface area contributed by atoms with Crippen molar-refractivity contribution < 1.29 is 18.0 Å². The topological polar surface area (TPSA) is 95.6 Å². The van der Waals surface area contributed by atoms with Crippen molar-refractivity contribution >= 4 is 45.0 Å². The number of hydrogen-bond donors (Lipinski definition) is 2. The van der Waals surface area contributed by atoms with Crippen molar-refractivity contribution in [1.29, 1.82) is 0 Å². The first-order chi connectivity index (χ1) is 15.1. The van der Waals surface area contributed by atoms with E-state index in [1.165, 1.54) is 13.0 Å². The number of nitrogens with zero attached hydrogens (tertiary/aromatic N) is 1. The predicted octanol–water partition coefficient (Wildman–Crippen LogP) is 3.65. The molecule has 2 N–H and O–H groups in total. The van der Waals surface area contributed by atoms with Crippen LogP contribution in [0.25, 0.3) is 0 Å². The van der Waals surface area contributed by atoms with Gasteiger partial charge in [-0.15, -0.1) is 11.8 Å². The summed E-state index contributed by atoms with van der Waals surface area (Å²) in [5.41, 5.74) is 2.17. The summed E-state index contributed by atoms with van der Waals surface area (Å²) in [4.78, 5) is 27.5. The Morgan fingerprint density at radius 3 is 2.56 bits per heavy atom. The van der Waals surface area contributed by atoms with E-state index in [2.05, 4.69) is 10.0 Å². The first kappa shape index (κ1) is 24.3. The van der Waals surface area contributed by atoms with Gasteiger partial charge >= 0.3 is 0 Å². The molecule has 9 heteroatoms. The van der Waals surface area contributed by atoms with Gasteiger partial charge in [-0.25, -0.2) is 8.42 Å². The molecule has 0 bridgehead atoms. The number of rotatable bonds is 8. The molecule has 2 aromatic carbocycles. The summed E-state index contributed by atoms with van der Waals surface area (Å²) in [6.45, 7) is 5.91. The van der Waals surface area contributed by atoms with Gasteiger partial charge in [0.1, 0.15) is 6.04 Å². The summed E-state index contributed by atoms with van der Waals surface area (Å²) in [6.07, 6.45) is 2.90. The van der Waals surface area contributed by atoms with E-state index in [9.17, 15) is 18.0 Å². The molecular weight excluding hydrogens is 446 g/mol. The molecular formula is C23H29N3O4S2. The average Bonchev–Trinajstić information content (AvgIpc) is 3.16. The summed E-state index contributed by atoms with van der Waals surface area (Å²) in [7, 11) is -3.93. The summed E-state index contributed by atoms with van der Waals surface area (Å²) in [5, 5.41) is 2.83. The Morgan fingerprint density at radius 1 is 1.16 bits per heavy atom. The molecule has 1 atom stereocenters. The van der Waals surface area contributed by atoms with Gasteiger partial charge in [0, 0.05) is 29.7 Å². The number of sulfonamides is 1. The predicted molar refractivity (Wildman–Crippen MR) is 129 cm³/mol. The van der Waals surface area contributed by atoms with Crippen molar-refractivity contribution in [2.45, 2.75) is 49.4 Å². The van der Waals surface area contributed by atoms with Gasteiger partial charge in [0.25, 0.3) is 0 Å². The Bertz CT molecular complexity index is 1120. The lowest BCUT2D eigenvalue weighted by Gasteiger charge is -2.21. The number of thioether (sulfide) groups is 1. The van der Waals surface area contributed by atoms with Crippen LogP contribution >= 0.6 is 11.8 Å². The third-order valence-electron chi connectivity index (χ3n) is 5.30. The fourth-order valence-electron chi connectivity index (χ4n) is 3.74. The van der Waals surface area contributed by atoms with Crippen LogP contribution in [0.2, 0.25) is 0 Å². The highest BCUT2D eigenvalue weighted by Gasteiger charge is 2.29. The van der Waals surface area contributed by atoms with Gasteiger partial charge < -0.3 is 10.2 Å². The second kappa shape index (κ2) is 10.1. The van der Waals surface area contributed by atoms with Gasteiger partial charge in [-0.3, -0.25) is 9.59 Å². The molecule has 2 amide bonds. The van der Waals surface area contributed by atoms with Crippen LogP contribution in [-0.4, -0.2) is 39.1 Å². The molecule has 0 spiro atoms. The van der Waals surface area contributed by atoms with Crippen LogP contribution < -0.4 is 14.9 Å². The van der Waals surface area contributed by atoms with Crippen molar-refractivity contribution in [1.82, 2.24) is 4.72 Å². The zero-order chi connectivity index (χ0) is 23.5. The fraction of sp³-hybridized carbons (Fsp3) is 0.391. The number of hydrogen-bond acceptors (Lipinski definition) is 5. The molecule has 0 radical (unpaired) electrons. The molecule has 0 saturated carbocycles. The van der Waals surface area contributed by atoms with Gasteiger partial charge in [0.2, 0.25) is 21.8 Å². The highest BCUT2D eigenvalue weighted by Crippen LogP contribution is 2.30. The summed E-state index contributed by atoms with van der Waals surface area (Å²) >= 11 is 1.56. The second-order valence-electron chi connectivity index (χ2n) is 8.24. The first-order valence-electron chi connectivity index (χ1n) is 10.5. The fourth-order valence-corrected chi connectivity index (χ4v) is 5.46. The van der Waals surface area contributed by atoms with Crippen LogP contribution in [0.1, 0.15) is 32.8 Å². The molecule has 172 valence electrons. The van der Waals surface area contributed by atoms with Gasteiger partial charge in [-0.2, -0.15) is 4.72 Å². The molecule has 1 heterocycles. The van der Waals surface area contributed by atoms with E-state index in [0.717, 1.165) is 16.1 Å². The summed E-state index contributed by atoms with van der Waals surface area (Å²) in [5.74, 6) is -0.365. The maximum atomic E-state index is 13.1. The standard InChI is InChI=1S/C23H29N3O4S2/c1-15(2)12-21(23(28)24-18-6-5-7-19(14-18)31-4)25-32(29,30)20-8-9-22-17(13-20)10-11-26(22)16(3)27/h5-9,13-15,21,25H,10-12H2,1-4H3,(H,24,28)/t21-/m0/s1. The lowest BCUT2D eigenvalue weighted by Crippen LogP contribution is -2.44. The Balaban J connectivity index is 1.81. The van der Waals surface area contributed by atoms with Crippen LogP contribution in [0.15, 0.2) is 52.3 Å². The highest BCUT2D eigenvalue weighted by atomic mass is 32.2. The Labute approximate surface area is 194 Å². The van der Waals surface area contributed by atoms with Crippen molar-refractivity contribution in [3.63, 3.8) is 0 Å². The van der Waals surface area contributed by atoms with E-state index in [1.807, 2.05) is 38.3 Å². The van der Waals surface area contributed by atoms with Crippen LogP contribution in [-0.2, 0) is 26.0 Å². The maximum absolute atomic E-state index is 13.1. The van der Waals surface area contributed by atoms with E-state index in [1.54, 1.807) is 34.9 Å². The van der Waals surface area contributed by atoms with Crippen molar-refractivity contribution in [3.8, 4) is 0 Å². The number of carbonyl (C=O) groups is 2. The van der Waals surface area contributed by atoms with Crippen LogP contribution in [0.4, 0.5) is 11.4 Å². The monoisotopic (exact) mass is 475 g/mol. The Morgan fingerprint density at radius 2 is 1.91 bits per heavy atom. The number of anilines is 2. The molecule has 0 aromatic heterocycles. The molecule has 0 saturated heterocycles. The quantitative estimate of drug-likeness (QED) is 0.568.